The summed E-state index contributed by atoms with van der Waals surface area (Å²) in [5.41, 5.74) is 13.5. The fourth-order valence-corrected chi connectivity index (χ4v) is 9.44. The monoisotopic (exact) mass is 705 g/mol. The third kappa shape index (κ3) is 5.73. The van der Waals surface area contributed by atoms with Crippen LogP contribution in [0, 0.1) is 0 Å². The summed E-state index contributed by atoms with van der Waals surface area (Å²) in [5.74, 6) is 0. The molecular weight excluding hydrogens is 679 g/mol. The zero-order valence-corrected chi connectivity index (χ0v) is 29.6. The molecular formula is C45H27N3S3. The number of fused-ring (bicyclic) bond motifs is 3. The summed E-state index contributed by atoms with van der Waals surface area (Å²) in [6.45, 7) is 0. The van der Waals surface area contributed by atoms with Gasteiger partial charge in [0.25, 0.3) is 0 Å². The van der Waals surface area contributed by atoms with Crippen LogP contribution in [0.15, 0.2) is 164 Å². The van der Waals surface area contributed by atoms with Crippen molar-refractivity contribution in [3.8, 4) is 65.1 Å². The van der Waals surface area contributed by atoms with Gasteiger partial charge in [-0.15, -0.1) is 34.0 Å². The molecule has 7 aromatic carbocycles. The molecule has 0 fully saturated rings. The lowest BCUT2D eigenvalue weighted by Gasteiger charge is -2.12. The number of hydrogen-bond donors (Lipinski definition) is 0. The smallest absolute Gasteiger partial charge is 0.124 e. The lowest BCUT2D eigenvalue weighted by Crippen LogP contribution is -1.87. The molecule has 0 spiro atoms. The molecule has 10 aromatic rings. The first-order valence-electron chi connectivity index (χ1n) is 16.7. The van der Waals surface area contributed by atoms with E-state index in [0.717, 1.165) is 48.3 Å². The Kier molecular flexibility index (Phi) is 7.38. The Balaban J connectivity index is 1.03. The molecule has 51 heavy (non-hydrogen) atoms. The van der Waals surface area contributed by atoms with Crippen molar-refractivity contribution in [3.05, 3.63) is 164 Å². The van der Waals surface area contributed by atoms with Crippen molar-refractivity contribution < 1.29 is 0 Å². The number of hydrogen-bond acceptors (Lipinski definition) is 6. The van der Waals surface area contributed by atoms with E-state index in [0.29, 0.717) is 0 Å². The fourth-order valence-electron chi connectivity index (χ4n) is 6.53. The van der Waals surface area contributed by atoms with E-state index in [4.69, 9.17) is 15.0 Å². The van der Waals surface area contributed by atoms with Crippen LogP contribution in [-0.4, -0.2) is 15.0 Å². The molecule has 10 rings (SSSR count). The molecule has 0 bridgehead atoms. The van der Waals surface area contributed by atoms with E-state index in [1.165, 1.54) is 47.5 Å². The highest BCUT2D eigenvalue weighted by atomic mass is 32.1. The molecule has 0 saturated carbocycles. The average Bonchev–Trinajstić information content (AvgIpc) is 3.95. The highest BCUT2D eigenvalue weighted by molar-refractivity contribution is 7.22. The van der Waals surface area contributed by atoms with Crippen LogP contribution in [0.4, 0.5) is 0 Å². The van der Waals surface area contributed by atoms with Gasteiger partial charge in [-0.3, -0.25) is 0 Å². The highest BCUT2D eigenvalue weighted by Crippen LogP contribution is 2.38. The van der Waals surface area contributed by atoms with Gasteiger partial charge in [-0.2, -0.15) is 0 Å². The van der Waals surface area contributed by atoms with Crippen molar-refractivity contribution in [3.63, 3.8) is 0 Å². The Labute approximate surface area is 306 Å². The average molecular weight is 706 g/mol. The molecule has 0 N–H and O–H groups in total. The second-order valence-electron chi connectivity index (χ2n) is 12.5. The summed E-state index contributed by atoms with van der Waals surface area (Å²) in [6.07, 6.45) is 0. The lowest BCUT2D eigenvalue weighted by atomic mass is 9.92. The molecule has 0 amide bonds. The minimum absolute atomic E-state index is 1.04. The Morgan fingerprint density at radius 3 is 0.784 bits per heavy atom. The van der Waals surface area contributed by atoms with Gasteiger partial charge in [0.15, 0.2) is 0 Å². The van der Waals surface area contributed by atoms with E-state index in [1.807, 2.05) is 18.2 Å². The molecule has 0 saturated heterocycles. The SMILES string of the molecule is c1ccc2sc(-c3ccc(-c4cc(-c5ccc(-c6nc7ccccc7s6)cc5)cc(-c5ccc(-c6nc7ccccc7s6)cc5)c4)cc3)nc2c1. The largest absolute Gasteiger partial charge is 0.236 e. The van der Waals surface area contributed by atoms with Crippen molar-refractivity contribution in [2.45, 2.75) is 0 Å². The van der Waals surface area contributed by atoms with Crippen molar-refractivity contribution in [2.24, 2.45) is 0 Å². The van der Waals surface area contributed by atoms with Crippen LogP contribution >= 0.6 is 34.0 Å². The molecule has 0 aliphatic heterocycles. The molecule has 0 radical (unpaired) electrons. The summed E-state index contributed by atoms with van der Waals surface area (Å²) in [5, 5.41) is 3.12. The topological polar surface area (TPSA) is 38.7 Å². The zero-order valence-electron chi connectivity index (χ0n) is 27.2. The van der Waals surface area contributed by atoms with E-state index in [1.54, 1.807) is 34.0 Å². The molecule has 6 heteroatoms. The number of nitrogens with zero attached hydrogens (tertiary/aromatic N) is 3. The third-order valence-electron chi connectivity index (χ3n) is 9.21. The molecule has 3 nitrogen and oxygen atoms in total. The molecule has 0 aliphatic carbocycles. The van der Waals surface area contributed by atoms with Crippen LogP contribution in [0.3, 0.4) is 0 Å². The van der Waals surface area contributed by atoms with Gasteiger partial charge in [-0.1, -0.05) is 109 Å². The Hall–Kier alpha value is -5.79. The molecule has 0 aliphatic rings. The summed E-state index contributed by atoms with van der Waals surface area (Å²) in [6, 6.07) is 58.4. The first-order valence-corrected chi connectivity index (χ1v) is 19.2. The maximum Gasteiger partial charge on any atom is 0.124 e. The summed E-state index contributed by atoms with van der Waals surface area (Å²) in [4.78, 5) is 14.7. The van der Waals surface area contributed by atoms with Gasteiger partial charge in [0.1, 0.15) is 15.0 Å². The van der Waals surface area contributed by atoms with E-state index in [2.05, 4.69) is 146 Å². The lowest BCUT2D eigenvalue weighted by molar-refractivity contribution is 1.47. The van der Waals surface area contributed by atoms with Gasteiger partial charge in [0, 0.05) is 16.7 Å². The number of aromatic nitrogens is 3. The van der Waals surface area contributed by atoms with Gasteiger partial charge < -0.3 is 0 Å². The third-order valence-corrected chi connectivity index (χ3v) is 12.5. The first-order chi connectivity index (χ1) is 25.2. The predicted octanol–water partition coefficient (Wildman–Crippen LogP) is 13.5. The van der Waals surface area contributed by atoms with E-state index < -0.39 is 0 Å². The van der Waals surface area contributed by atoms with Crippen LogP contribution in [0.2, 0.25) is 0 Å². The van der Waals surface area contributed by atoms with Crippen LogP contribution in [0.5, 0.6) is 0 Å². The van der Waals surface area contributed by atoms with Crippen LogP contribution in [0.1, 0.15) is 0 Å². The maximum atomic E-state index is 4.89. The Morgan fingerprint density at radius 2 is 0.510 bits per heavy atom. The summed E-state index contributed by atoms with van der Waals surface area (Å²) < 4.78 is 3.62. The Morgan fingerprint density at radius 1 is 0.255 bits per heavy atom. The fraction of sp³-hybridized carbons (Fsp3) is 0. The van der Waals surface area contributed by atoms with Crippen LogP contribution in [0.25, 0.3) is 95.7 Å². The zero-order chi connectivity index (χ0) is 33.7. The van der Waals surface area contributed by atoms with Crippen molar-refractivity contribution in [2.75, 3.05) is 0 Å². The van der Waals surface area contributed by atoms with Crippen molar-refractivity contribution in [1.82, 2.24) is 15.0 Å². The normalized spacial score (nSPS) is 11.5. The van der Waals surface area contributed by atoms with Crippen LogP contribution in [-0.2, 0) is 0 Å². The van der Waals surface area contributed by atoms with Crippen LogP contribution < -0.4 is 0 Å². The van der Waals surface area contributed by atoms with Crippen molar-refractivity contribution in [1.29, 1.82) is 0 Å². The molecule has 3 heterocycles. The van der Waals surface area contributed by atoms with Gasteiger partial charge in [0.05, 0.1) is 30.6 Å². The highest BCUT2D eigenvalue weighted by Gasteiger charge is 2.13. The predicted molar refractivity (Wildman–Crippen MR) is 219 cm³/mol. The number of benzene rings is 7. The van der Waals surface area contributed by atoms with Gasteiger partial charge in [-0.25, -0.2) is 15.0 Å². The van der Waals surface area contributed by atoms with E-state index in [-0.39, 0.29) is 0 Å². The Bertz CT molecular complexity index is 2420. The van der Waals surface area contributed by atoms with Crippen molar-refractivity contribution >= 4 is 64.7 Å². The van der Waals surface area contributed by atoms with Gasteiger partial charge >= 0.3 is 0 Å². The molecule has 0 unspecified atom stereocenters. The summed E-state index contributed by atoms with van der Waals surface area (Å²) >= 11 is 5.20. The van der Waals surface area contributed by atoms with E-state index >= 15 is 0 Å². The van der Waals surface area contributed by atoms with Gasteiger partial charge in [0.2, 0.25) is 0 Å². The maximum absolute atomic E-state index is 4.89. The second-order valence-corrected chi connectivity index (χ2v) is 15.6. The minimum atomic E-state index is 1.04. The number of para-hydroxylation sites is 3. The molecule has 0 atom stereocenters. The second kappa shape index (κ2) is 12.5. The first kappa shape index (κ1) is 30.1. The number of rotatable bonds is 6. The standard InChI is InChI=1S/C45H27N3S3/c1-4-10-40-37(7-1)46-43(49-40)31-19-13-28(14-20-31)34-25-35(29-15-21-32(22-16-29)44-47-38-8-2-5-11-41(38)50-44)27-36(26-34)30-17-23-33(24-18-30)45-48-39-9-3-6-12-42(39)51-45/h1-27H. The van der Waals surface area contributed by atoms with Gasteiger partial charge in [-0.05, 0) is 88.0 Å². The quantitative estimate of drug-likeness (QED) is 0.173. The molecule has 240 valence electrons. The minimum Gasteiger partial charge on any atom is -0.236 e. The number of thiazole rings is 3. The molecule has 3 aromatic heterocycles. The van der Waals surface area contributed by atoms with E-state index in [9.17, 15) is 0 Å². The summed E-state index contributed by atoms with van der Waals surface area (Å²) in [7, 11) is 0.